The van der Waals surface area contributed by atoms with Gasteiger partial charge in [-0.15, -0.1) is 0 Å². The lowest BCUT2D eigenvalue weighted by molar-refractivity contribution is 0.1000. The molecule has 2 heterocycles. The number of rotatable bonds is 1. The molecule has 0 saturated heterocycles. The minimum atomic E-state index is -0.453. The molecule has 12 heavy (non-hydrogen) atoms. The lowest BCUT2D eigenvalue weighted by atomic mass is 10.2. The lowest BCUT2D eigenvalue weighted by Crippen LogP contribution is -2.10. The topological polar surface area (TPSA) is 71.8 Å². The van der Waals surface area contributed by atoms with Crippen molar-refractivity contribution in [3.8, 4) is 0 Å². The number of hydrogen-bond acceptors (Lipinski definition) is 2. The average molecular weight is 161 g/mol. The highest BCUT2D eigenvalue weighted by Crippen LogP contribution is 2.11. The Morgan fingerprint density at radius 1 is 1.50 bits per heavy atom. The highest BCUT2D eigenvalue weighted by atomic mass is 16.1. The molecule has 2 rings (SSSR count). The summed E-state index contributed by atoms with van der Waals surface area (Å²) in [6.07, 6.45) is 5.01. The van der Waals surface area contributed by atoms with Crippen LogP contribution in [0.5, 0.6) is 0 Å². The normalized spacial score (nSPS) is 10.3. The van der Waals surface area contributed by atoms with Gasteiger partial charge in [-0.25, -0.2) is 0 Å². The Morgan fingerprint density at radius 3 is 3.08 bits per heavy atom. The van der Waals surface area contributed by atoms with E-state index in [0.29, 0.717) is 5.56 Å². The zero-order chi connectivity index (χ0) is 8.55. The van der Waals surface area contributed by atoms with Gasteiger partial charge in [0.1, 0.15) is 0 Å². The number of aromatic amines is 1. The first-order valence-corrected chi connectivity index (χ1v) is 3.50. The number of amides is 1. The summed E-state index contributed by atoms with van der Waals surface area (Å²) < 4.78 is 0. The van der Waals surface area contributed by atoms with Crippen molar-refractivity contribution in [3.63, 3.8) is 0 Å². The van der Waals surface area contributed by atoms with Gasteiger partial charge in [0.05, 0.1) is 11.1 Å². The molecule has 0 atom stereocenters. The first-order chi connectivity index (χ1) is 5.77. The molecule has 0 aliphatic heterocycles. The summed E-state index contributed by atoms with van der Waals surface area (Å²) in [6.45, 7) is 0. The third-order valence-electron chi connectivity index (χ3n) is 1.69. The largest absolute Gasteiger partial charge is 0.366 e. The van der Waals surface area contributed by atoms with Gasteiger partial charge < -0.3 is 10.7 Å². The Hall–Kier alpha value is -1.84. The summed E-state index contributed by atoms with van der Waals surface area (Å²) in [7, 11) is 0. The zero-order valence-corrected chi connectivity index (χ0v) is 6.24. The van der Waals surface area contributed by atoms with Gasteiger partial charge in [-0.3, -0.25) is 9.78 Å². The van der Waals surface area contributed by atoms with Gasteiger partial charge >= 0.3 is 0 Å². The Balaban J connectivity index is 2.68. The Kier molecular flexibility index (Phi) is 1.33. The zero-order valence-electron chi connectivity index (χ0n) is 6.24. The highest BCUT2D eigenvalue weighted by molar-refractivity contribution is 5.95. The highest BCUT2D eigenvalue weighted by Gasteiger charge is 2.02. The molecule has 0 unspecified atom stereocenters. The summed E-state index contributed by atoms with van der Waals surface area (Å²) in [5, 5.41) is 0.895. The SMILES string of the molecule is NC(=O)c1cnc2c[nH]cc2c1. The molecule has 4 nitrogen and oxygen atoms in total. The maximum absolute atomic E-state index is 10.7. The molecular weight excluding hydrogens is 154 g/mol. The summed E-state index contributed by atoms with van der Waals surface area (Å²) in [6, 6.07) is 1.71. The second kappa shape index (κ2) is 2.34. The van der Waals surface area contributed by atoms with Crippen molar-refractivity contribution in [1.29, 1.82) is 0 Å². The molecule has 1 amide bonds. The van der Waals surface area contributed by atoms with Crippen LogP contribution in [-0.4, -0.2) is 15.9 Å². The monoisotopic (exact) mass is 161 g/mol. The van der Waals surface area contributed by atoms with E-state index >= 15 is 0 Å². The van der Waals surface area contributed by atoms with Crippen LogP contribution in [0.4, 0.5) is 0 Å². The molecule has 0 radical (unpaired) electrons. The molecule has 60 valence electrons. The lowest BCUT2D eigenvalue weighted by Gasteiger charge is -1.93. The minimum Gasteiger partial charge on any atom is -0.366 e. The third-order valence-corrected chi connectivity index (χ3v) is 1.69. The Bertz CT molecular complexity index is 433. The fourth-order valence-corrected chi connectivity index (χ4v) is 1.07. The molecule has 4 heteroatoms. The van der Waals surface area contributed by atoms with Crippen molar-refractivity contribution in [2.24, 2.45) is 5.73 Å². The van der Waals surface area contributed by atoms with Crippen LogP contribution in [0, 0.1) is 0 Å². The van der Waals surface area contributed by atoms with Crippen LogP contribution in [-0.2, 0) is 0 Å². The van der Waals surface area contributed by atoms with Crippen LogP contribution in [0.3, 0.4) is 0 Å². The number of fused-ring (bicyclic) bond motifs is 1. The Morgan fingerprint density at radius 2 is 2.33 bits per heavy atom. The number of hydrogen-bond donors (Lipinski definition) is 2. The average Bonchev–Trinajstić information content (AvgIpc) is 2.49. The number of H-pyrrole nitrogens is 1. The van der Waals surface area contributed by atoms with Crippen molar-refractivity contribution in [2.45, 2.75) is 0 Å². The number of aromatic nitrogens is 2. The number of nitrogens with one attached hydrogen (secondary N) is 1. The Labute approximate surface area is 68.4 Å². The van der Waals surface area contributed by atoms with Gasteiger partial charge in [0.25, 0.3) is 0 Å². The molecule has 0 fully saturated rings. The second-order valence-electron chi connectivity index (χ2n) is 2.52. The summed E-state index contributed by atoms with van der Waals surface area (Å²) in [4.78, 5) is 17.7. The standard InChI is InChI=1S/C8H7N3O/c9-8(12)6-1-5-2-10-4-7(5)11-3-6/h1-4,10H,(H2,9,12). The van der Waals surface area contributed by atoms with E-state index in [-0.39, 0.29) is 0 Å². The molecule has 0 aliphatic carbocycles. The van der Waals surface area contributed by atoms with Gasteiger partial charge in [0, 0.05) is 24.0 Å². The van der Waals surface area contributed by atoms with Crippen LogP contribution in [0.1, 0.15) is 10.4 Å². The summed E-state index contributed by atoms with van der Waals surface area (Å²) in [5.41, 5.74) is 6.35. The van der Waals surface area contributed by atoms with E-state index in [9.17, 15) is 4.79 Å². The first-order valence-electron chi connectivity index (χ1n) is 3.50. The molecule has 0 saturated carbocycles. The molecule has 2 aromatic heterocycles. The predicted octanol–water partition coefficient (Wildman–Crippen LogP) is 0.662. The number of nitrogens with zero attached hydrogens (tertiary/aromatic N) is 1. The van der Waals surface area contributed by atoms with Crippen LogP contribution in [0.2, 0.25) is 0 Å². The van der Waals surface area contributed by atoms with Gasteiger partial charge in [0.2, 0.25) is 5.91 Å². The molecule has 0 aliphatic rings. The fourth-order valence-electron chi connectivity index (χ4n) is 1.07. The van der Waals surface area contributed by atoms with Crippen LogP contribution >= 0.6 is 0 Å². The quantitative estimate of drug-likeness (QED) is 0.644. The van der Waals surface area contributed by atoms with Crippen molar-refractivity contribution in [1.82, 2.24) is 9.97 Å². The van der Waals surface area contributed by atoms with Crippen molar-refractivity contribution in [2.75, 3.05) is 0 Å². The maximum atomic E-state index is 10.7. The summed E-state index contributed by atoms with van der Waals surface area (Å²) >= 11 is 0. The van der Waals surface area contributed by atoms with E-state index in [1.165, 1.54) is 6.20 Å². The molecule has 0 spiro atoms. The minimum absolute atomic E-state index is 0.433. The molecule has 0 bridgehead atoms. The second-order valence-corrected chi connectivity index (χ2v) is 2.52. The van der Waals surface area contributed by atoms with E-state index < -0.39 is 5.91 Å². The van der Waals surface area contributed by atoms with E-state index in [2.05, 4.69) is 9.97 Å². The molecule has 3 N–H and O–H groups in total. The molecular formula is C8H7N3O. The number of nitrogens with two attached hydrogens (primary N) is 1. The van der Waals surface area contributed by atoms with Crippen LogP contribution < -0.4 is 5.73 Å². The maximum Gasteiger partial charge on any atom is 0.250 e. The smallest absolute Gasteiger partial charge is 0.250 e. The first kappa shape index (κ1) is 6.84. The number of carbonyl (C=O) groups excluding carboxylic acids is 1. The van der Waals surface area contributed by atoms with Crippen molar-refractivity contribution in [3.05, 3.63) is 30.2 Å². The third kappa shape index (κ3) is 0.934. The van der Waals surface area contributed by atoms with E-state index in [4.69, 9.17) is 5.73 Å². The fraction of sp³-hybridized carbons (Fsp3) is 0. The number of carbonyl (C=O) groups is 1. The molecule has 0 aromatic carbocycles. The predicted molar refractivity (Wildman–Crippen MR) is 44.6 cm³/mol. The number of primary amides is 1. The van der Waals surface area contributed by atoms with Crippen LogP contribution in [0.15, 0.2) is 24.7 Å². The number of pyridine rings is 1. The van der Waals surface area contributed by atoms with Crippen molar-refractivity contribution < 1.29 is 4.79 Å². The van der Waals surface area contributed by atoms with Gasteiger partial charge in [-0.1, -0.05) is 0 Å². The van der Waals surface area contributed by atoms with Gasteiger partial charge in [-0.05, 0) is 6.07 Å². The van der Waals surface area contributed by atoms with Crippen molar-refractivity contribution >= 4 is 16.8 Å². The molecule has 2 aromatic rings. The van der Waals surface area contributed by atoms with Gasteiger partial charge in [0.15, 0.2) is 0 Å². The van der Waals surface area contributed by atoms with E-state index in [1.54, 1.807) is 18.5 Å². The van der Waals surface area contributed by atoms with Crippen LogP contribution in [0.25, 0.3) is 10.9 Å². The van der Waals surface area contributed by atoms with Gasteiger partial charge in [-0.2, -0.15) is 0 Å². The van der Waals surface area contributed by atoms with E-state index in [1.807, 2.05) is 0 Å². The van der Waals surface area contributed by atoms with E-state index in [0.717, 1.165) is 10.9 Å². The summed E-state index contributed by atoms with van der Waals surface area (Å²) in [5.74, 6) is -0.453.